The highest BCUT2D eigenvalue weighted by molar-refractivity contribution is 5.66. The maximum atomic E-state index is 10.5. The summed E-state index contributed by atoms with van der Waals surface area (Å²) in [5.41, 5.74) is 0. The van der Waals surface area contributed by atoms with Gasteiger partial charge in [-0.1, -0.05) is 50.5 Å². The second-order valence-corrected chi connectivity index (χ2v) is 7.62. The molecule has 148 valence electrons. The summed E-state index contributed by atoms with van der Waals surface area (Å²) < 4.78 is 5.96. The van der Waals surface area contributed by atoms with Gasteiger partial charge in [0.25, 0.3) is 0 Å². The molecule has 0 aliphatic carbocycles. The van der Waals surface area contributed by atoms with E-state index >= 15 is 0 Å². The molecule has 2 aliphatic rings. The van der Waals surface area contributed by atoms with Gasteiger partial charge in [-0.15, -0.1) is 0 Å². The molecule has 2 rings (SSSR count). The first-order valence-corrected chi connectivity index (χ1v) is 10.1. The Kier molecular flexibility index (Phi) is 8.82. The summed E-state index contributed by atoms with van der Waals surface area (Å²) in [5, 5.41) is 28.9. The molecule has 2 saturated heterocycles. The quantitative estimate of drug-likeness (QED) is 0.364. The molecular weight excluding hydrogens is 332 g/mol. The summed E-state index contributed by atoms with van der Waals surface area (Å²) in [6.07, 6.45) is 14.4. The number of ether oxygens (including phenoxy) is 1. The van der Waals surface area contributed by atoms with Crippen LogP contribution in [0.3, 0.4) is 0 Å². The van der Waals surface area contributed by atoms with Gasteiger partial charge in [-0.3, -0.25) is 4.79 Å². The average molecular weight is 366 g/mol. The number of aliphatic hydroxyl groups is 2. The zero-order valence-corrected chi connectivity index (χ0v) is 15.8. The molecule has 0 amide bonds. The van der Waals surface area contributed by atoms with Crippen LogP contribution in [-0.2, 0) is 9.53 Å². The third-order valence-electron chi connectivity index (χ3n) is 5.53. The molecule has 2 aliphatic heterocycles. The fourth-order valence-electron chi connectivity index (χ4n) is 4.11. The number of rotatable bonds is 12. The van der Waals surface area contributed by atoms with Crippen LogP contribution in [0.2, 0.25) is 0 Å². The molecular formula is C21H34O5. The van der Waals surface area contributed by atoms with Gasteiger partial charge in [0.2, 0.25) is 0 Å². The molecule has 2 heterocycles. The van der Waals surface area contributed by atoms with Gasteiger partial charge in [-0.25, -0.2) is 0 Å². The molecule has 5 nitrogen and oxygen atoms in total. The van der Waals surface area contributed by atoms with Crippen LogP contribution >= 0.6 is 0 Å². The zero-order valence-electron chi connectivity index (χ0n) is 15.8. The van der Waals surface area contributed by atoms with Crippen LogP contribution in [0.5, 0.6) is 0 Å². The van der Waals surface area contributed by atoms with Crippen LogP contribution in [0, 0.1) is 11.8 Å². The van der Waals surface area contributed by atoms with Gasteiger partial charge in [-0.2, -0.15) is 0 Å². The lowest BCUT2D eigenvalue weighted by Crippen LogP contribution is -2.35. The number of carbonyl (C=O) groups is 1. The van der Waals surface area contributed by atoms with Gasteiger partial charge < -0.3 is 20.1 Å². The fraction of sp³-hybridized carbons (Fsp3) is 0.762. The van der Waals surface area contributed by atoms with E-state index in [4.69, 9.17) is 9.84 Å². The SMILES string of the molecule is CCCCCC(O)C=C[C@@H]1[C@H](CC=CCCCC(=O)O)[C@H]2O[C@@H]1C[C@H]2O. The third-order valence-corrected chi connectivity index (χ3v) is 5.53. The van der Waals surface area contributed by atoms with E-state index in [1.165, 1.54) is 0 Å². The van der Waals surface area contributed by atoms with E-state index in [-0.39, 0.29) is 30.5 Å². The Labute approximate surface area is 156 Å². The topological polar surface area (TPSA) is 87.0 Å². The van der Waals surface area contributed by atoms with Crippen LogP contribution in [0.25, 0.3) is 0 Å². The predicted molar refractivity (Wildman–Crippen MR) is 101 cm³/mol. The monoisotopic (exact) mass is 366 g/mol. The van der Waals surface area contributed by atoms with E-state index in [1.807, 2.05) is 12.2 Å². The van der Waals surface area contributed by atoms with Crippen LogP contribution in [0.1, 0.15) is 64.7 Å². The summed E-state index contributed by atoms with van der Waals surface area (Å²) in [5.74, 6) is -0.308. The van der Waals surface area contributed by atoms with Crippen molar-refractivity contribution in [2.24, 2.45) is 11.8 Å². The highest BCUT2D eigenvalue weighted by atomic mass is 16.5. The summed E-state index contributed by atoms with van der Waals surface area (Å²) in [4.78, 5) is 10.5. The Morgan fingerprint density at radius 3 is 2.81 bits per heavy atom. The number of aliphatic carboxylic acids is 1. The van der Waals surface area contributed by atoms with E-state index in [0.29, 0.717) is 12.8 Å². The van der Waals surface area contributed by atoms with Crippen molar-refractivity contribution in [2.75, 3.05) is 0 Å². The Morgan fingerprint density at radius 1 is 1.27 bits per heavy atom. The van der Waals surface area contributed by atoms with Gasteiger partial charge >= 0.3 is 5.97 Å². The minimum atomic E-state index is -0.759. The van der Waals surface area contributed by atoms with E-state index in [1.54, 1.807) is 0 Å². The maximum Gasteiger partial charge on any atom is 0.303 e. The lowest BCUT2D eigenvalue weighted by atomic mass is 9.76. The molecule has 1 unspecified atom stereocenters. The molecule has 0 aromatic heterocycles. The van der Waals surface area contributed by atoms with Gasteiger partial charge in [-0.05, 0) is 31.6 Å². The van der Waals surface area contributed by atoms with Crippen molar-refractivity contribution in [3.05, 3.63) is 24.3 Å². The van der Waals surface area contributed by atoms with Crippen LogP contribution < -0.4 is 0 Å². The molecule has 0 saturated carbocycles. The molecule has 6 atom stereocenters. The Bertz CT molecular complexity index is 487. The Morgan fingerprint density at radius 2 is 2.08 bits per heavy atom. The minimum Gasteiger partial charge on any atom is -0.481 e. The van der Waals surface area contributed by atoms with Gasteiger partial charge in [0.15, 0.2) is 0 Å². The summed E-state index contributed by atoms with van der Waals surface area (Å²) in [6.45, 7) is 2.15. The summed E-state index contributed by atoms with van der Waals surface area (Å²) in [7, 11) is 0. The number of carboxylic acid groups (broad SMARTS) is 1. The van der Waals surface area contributed by atoms with E-state index in [2.05, 4.69) is 19.1 Å². The normalized spacial score (nSPS) is 32.0. The first kappa shape index (κ1) is 21.1. The molecule has 2 fully saturated rings. The predicted octanol–water partition coefficient (Wildman–Crippen LogP) is 3.45. The van der Waals surface area contributed by atoms with Crippen molar-refractivity contribution in [1.82, 2.24) is 0 Å². The highest BCUT2D eigenvalue weighted by Crippen LogP contribution is 2.46. The minimum absolute atomic E-state index is 0.0412. The standard InChI is InChI=1S/C21H34O5/c1-2-3-6-9-15(22)12-13-16-17(21-18(23)14-19(16)26-21)10-7-4-5-8-11-20(24)25/h4,7,12-13,15-19,21-23H,2-3,5-6,8-11,14H2,1H3,(H,24,25)/t15?,16-,17+,18-,19-,21-/m1/s1. The van der Waals surface area contributed by atoms with Gasteiger partial charge in [0, 0.05) is 18.8 Å². The third kappa shape index (κ3) is 6.22. The first-order valence-electron chi connectivity index (χ1n) is 10.1. The fourth-order valence-corrected chi connectivity index (χ4v) is 4.11. The van der Waals surface area contributed by atoms with Crippen LogP contribution in [0.15, 0.2) is 24.3 Å². The van der Waals surface area contributed by atoms with Crippen molar-refractivity contribution in [2.45, 2.75) is 89.1 Å². The van der Waals surface area contributed by atoms with E-state index in [0.717, 1.165) is 38.5 Å². The molecule has 0 radical (unpaired) electrons. The smallest absolute Gasteiger partial charge is 0.303 e. The first-order chi connectivity index (χ1) is 12.5. The van der Waals surface area contributed by atoms with Gasteiger partial charge in [0.1, 0.15) is 0 Å². The number of hydrogen-bond acceptors (Lipinski definition) is 4. The molecule has 0 spiro atoms. The van der Waals surface area contributed by atoms with Crippen molar-refractivity contribution in [1.29, 1.82) is 0 Å². The molecule has 5 heteroatoms. The molecule has 26 heavy (non-hydrogen) atoms. The lowest BCUT2D eigenvalue weighted by molar-refractivity contribution is -0.137. The molecule has 0 aromatic rings. The largest absolute Gasteiger partial charge is 0.481 e. The lowest BCUT2D eigenvalue weighted by Gasteiger charge is -2.28. The maximum absolute atomic E-state index is 10.5. The van der Waals surface area contributed by atoms with Crippen molar-refractivity contribution in [3.8, 4) is 0 Å². The van der Waals surface area contributed by atoms with Crippen LogP contribution in [-0.4, -0.2) is 45.7 Å². The second-order valence-electron chi connectivity index (χ2n) is 7.62. The number of carboxylic acids is 1. The zero-order chi connectivity index (χ0) is 18.9. The average Bonchev–Trinajstić information content (AvgIpc) is 3.13. The van der Waals surface area contributed by atoms with Crippen LogP contribution in [0.4, 0.5) is 0 Å². The Balaban J connectivity index is 1.84. The molecule has 3 N–H and O–H groups in total. The number of allylic oxidation sites excluding steroid dienone is 2. The van der Waals surface area contributed by atoms with E-state index in [9.17, 15) is 15.0 Å². The number of fused-ring (bicyclic) bond motifs is 2. The highest BCUT2D eigenvalue weighted by Gasteiger charge is 2.51. The molecule has 0 aromatic carbocycles. The summed E-state index contributed by atoms with van der Waals surface area (Å²) >= 11 is 0. The molecule has 2 bridgehead atoms. The van der Waals surface area contributed by atoms with Gasteiger partial charge in [0.05, 0.1) is 24.4 Å². The van der Waals surface area contributed by atoms with E-state index < -0.39 is 18.2 Å². The Hall–Kier alpha value is -1.17. The summed E-state index contributed by atoms with van der Waals surface area (Å²) in [6, 6.07) is 0. The second kappa shape index (κ2) is 10.9. The van der Waals surface area contributed by atoms with Crippen molar-refractivity contribution < 1.29 is 24.9 Å². The number of unbranched alkanes of at least 4 members (excludes halogenated alkanes) is 3. The number of aliphatic hydroxyl groups excluding tert-OH is 2. The van der Waals surface area contributed by atoms with Crippen molar-refractivity contribution >= 4 is 5.97 Å². The number of hydrogen-bond donors (Lipinski definition) is 3. The van der Waals surface area contributed by atoms with Crippen molar-refractivity contribution in [3.63, 3.8) is 0 Å².